The van der Waals surface area contributed by atoms with Gasteiger partial charge in [-0.1, -0.05) is 58.4 Å². The summed E-state index contributed by atoms with van der Waals surface area (Å²) in [6.07, 6.45) is 1.60. The van der Waals surface area contributed by atoms with Crippen LogP contribution in [0.1, 0.15) is 15.9 Å². The van der Waals surface area contributed by atoms with Crippen molar-refractivity contribution in [2.24, 2.45) is 0 Å². The molecule has 3 heteroatoms. The van der Waals surface area contributed by atoms with Crippen molar-refractivity contribution < 1.29 is 4.79 Å². The molecular formula is C16H10BrNO. The monoisotopic (exact) mass is 311 g/mol. The Hall–Kier alpha value is -2.18. The van der Waals surface area contributed by atoms with Crippen LogP contribution in [0.25, 0.3) is 6.08 Å². The summed E-state index contributed by atoms with van der Waals surface area (Å²) >= 11 is 3.36. The van der Waals surface area contributed by atoms with Crippen molar-refractivity contribution in [3.63, 3.8) is 0 Å². The van der Waals surface area contributed by atoms with Crippen LogP contribution in [-0.2, 0) is 0 Å². The molecule has 0 aliphatic carbocycles. The molecular weight excluding hydrogens is 302 g/mol. The van der Waals surface area contributed by atoms with Crippen LogP contribution in [0.3, 0.4) is 0 Å². The van der Waals surface area contributed by atoms with Crippen LogP contribution < -0.4 is 0 Å². The molecule has 0 saturated carbocycles. The molecule has 19 heavy (non-hydrogen) atoms. The number of carbonyl (C=O) groups is 1. The fraction of sp³-hybridized carbons (Fsp3) is 0. The minimum Gasteiger partial charge on any atom is -0.288 e. The summed E-state index contributed by atoms with van der Waals surface area (Å²) in [4.78, 5) is 12.2. The molecule has 2 nitrogen and oxygen atoms in total. The standard InChI is InChI=1S/C16H10BrNO/c17-15-8-4-5-12(10-15)9-14(11-18)16(19)13-6-2-1-3-7-13/h1-10H/b14-9+. The quantitative estimate of drug-likeness (QED) is 0.483. The number of carbonyl (C=O) groups excluding carboxylic acids is 1. The van der Waals surface area contributed by atoms with Crippen molar-refractivity contribution in [1.82, 2.24) is 0 Å². The van der Waals surface area contributed by atoms with E-state index in [4.69, 9.17) is 5.26 Å². The van der Waals surface area contributed by atoms with Crippen LogP contribution in [0.15, 0.2) is 64.6 Å². The van der Waals surface area contributed by atoms with Gasteiger partial charge in [0, 0.05) is 10.0 Å². The van der Waals surface area contributed by atoms with E-state index in [2.05, 4.69) is 15.9 Å². The molecule has 0 amide bonds. The van der Waals surface area contributed by atoms with Crippen molar-refractivity contribution >= 4 is 27.8 Å². The van der Waals surface area contributed by atoms with Crippen molar-refractivity contribution in [1.29, 1.82) is 5.26 Å². The summed E-state index contributed by atoms with van der Waals surface area (Å²) in [7, 11) is 0. The number of rotatable bonds is 3. The maximum absolute atomic E-state index is 12.2. The lowest BCUT2D eigenvalue weighted by molar-refractivity contribution is 0.104. The third kappa shape index (κ3) is 3.40. The molecule has 0 aliphatic rings. The van der Waals surface area contributed by atoms with E-state index >= 15 is 0 Å². The molecule has 2 aromatic rings. The number of ketones is 1. The number of allylic oxidation sites excluding steroid dienone is 1. The number of hydrogen-bond acceptors (Lipinski definition) is 2. The third-order valence-electron chi connectivity index (χ3n) is 2.56. The van der Waals surface area contributed by atoms with E-state index in [1.165, 1.54) is 0 Å². The van der Waals surface area contributed by atoms with Gasteiger partial charge in [0.15, 0.2) is 0 Å². The first kappa shape index (κ1) is 13.3. The first-order valence-electron chi connectivity index (χ1n) is 5.68. The van der Waals surface area contributed by atoms with Crippen LogP contribution in [-0.4, -0.2) is 5.78 Å². The summed E-state index contributed by atoms with van der Waals surface area (Å²) < 4.78 is 0.908. The van der Waals surface area contributed by atoms with Crippen molar-refractivity contribution in [2.75, 3.05) is 0 Å². The van der Waals surface area contributed by atoms with Crippen LogP contribution in [0.5, 0.6) is 0 Å². The smallest absolute Gasteiger partial charge is 0.203 e. The highest BCUT2D eigenvalue weighted by Crippen LogP contribution is 2.16. The number of nitriles is 1. The van der Waals surface area contributed by atoms with Gasteiger partial charge >= 0.3 is 0 Å². The number of nitrogens with zero attached hydrogens (tertiary/aromatic N) is 1. The number of Topliss-reactive ketones (excluding diaryl/α,β-unsaturated/α-hetero) is 1. The Labute approximate surface area is 120 Å². The van der Waals surface area contributed by atoms with Crippen LogP contribution >= 0.6 is 15.9 Å². The maximum atomic E-state index is 12.2. The average Bonchev–Trinajstić information content (AvgIpc) is 2.45. The van der Waals surface area contributed by atoms with E-state index < -0.39 is 0 Å². The molecule has 0 aromatic heterocycles. The SMILES string of the molecule is N#C/C(=C\c1cccc(Br)c1)C(=O)c1ccccc1. The fourth-order valence-electron chi connectivity index (χ4n) is 1.66. The van der Waals surface area contributed by atoms with Gasteiger partial charge < -0.3 is 0 Å². The summed E-state index contributed by atoms with van der Waals surface area (Å²) in [6, 6.07) is 18.2. The minimum absolute atomic E-state index is 0.129. The Kier molecular flexibility index (Phi) is 4.27. The highest BCUT2D eigenvalue weighted by molar-refractivity contribution is 9.10. The molecule has 0 N–H and O–H groups in total. The number of hydrogen-bond donors (Lipinski definition) is 0. The van der Waals surface area contributed by atoms with E-state index in [1.807, 2.05) is 36.4 Å². The van der Waals surface area contributed by atoms with Gasteiger partial charge in [0.25, 0.3) is 0 Å². The summed E-state index contributed by atoms with van der Waals surface area (Å²) in [6.45, 7) is 0. The minimum atomic E-state index is -0.261. The zero-order chi connectivity index (χ0) is 13.7. The van der Waals surface area contributed by atoms with Gasteiger partial charge in [0.2, 0.25) is 5.78 Å². The first-order valence-corrected chi connectivity index (χ1v) is 6.47. The van der Waals surface area contributed by atoms with Crippen LogP contribution in [0.2, 0.25) is 0 Å². The van der Waals surface area contributed by atoms with Crippen LogP contribution in [0.4, 0.5) is 0 Å². The molecule has 0 aliphatic heterocycles. The first-order chi connectivity index (χ1) is 9.20. The van der Waals surface area contributed by atoms with Gasteiger partial charge in [-0.3, -0.25) is 4.79 Å². The summed E-state index contributed by atoms with van der Waals surface area (Å²) in [5.41, 5.74) is 1.46. The van der Waals surface area contributed by atoms with Gasteiger partial charge in [0.1, 0.15) is 11.6 Å². The highest BCUT2D eigenvalue weighted by Gasteiger charge is 2.11. The molecule has 0 atom stereocenters. The largest absolute Gasteiger partial charge is 0.288 e. The Bertz CT molecular complexity index is 669. The number of benzene rings is 2. The lowest BCUT2D eigenvalue weighted by Gasteiger charge is -2.00. The van der Waals surface area contributed by atoms with Gasteiger partial charge in [-0.2, -0.15) is 5.26 Å². The molecule has 2 rings (SSSR count). The molecule has 0 heterocycles. The molecule has 0 spiro atoms. The second-order valence-electron chi connectivity index (χ2n) is 3.92. The zero-order valence-electron chi connectivity index (χ0n) is 10.0. The fourth-order valence-corrected chi connectivity index (χ4v) is 2.07. The highest BCUT2D eigenvalue weighted by atomic mass is 79.9. The second-order valence-corrected chi connectivity index (χ2v) is 4.84. The Morgan fingerprint density at radius 2 is 1.84 bits per heavy atom. The maximum Gasteiger partial charge on any atom is 0.203 e. The van der Waals surface area contributed by atoms with Crippen molar-refractivity contribution in [2.45, 2.75) is 0 Å². The lowest BCUT2D eigenvalue weighted by Crippen LogP contribution is -2.01. The molecule has 0 bridgehead atoms. The van der Waals surface area contributed by atoms with E-state index in [0.717, 1.165) is 10.0 Å². The molecule has 0 unspecified atom stereocenters. The molecule has 92 valence electrons. The summed E-state index contributed by atoms with van der Waals surface area (Å²) in [5, 5.41) is 9.14. The third-order valence-corrected chi connectivity index (χ3v) is 3.05. The Morgan fingerprint density at radius 3 is 2.47 bits per heavy atom. The van der Waals surface area contributed by atoms with E-state index in [0.29, 0.717) is 5.56 Å². The molecule has 0 saturated heterocycles. The summed E-state index contributed by atoms with van der Waals surface area (Å²) in [5.74, 6) is -0.261. The number of halogens is 1. The van der Waals surface area contributed by atoms with E-state index in [-0.39, 0.29) is 11.4 Å². The van der Waals surface area contributed by atoms with Gasteiger partial charge in [-0.15, -0.1) is 0 Å². The second kappa shape index (κ2) is 6.12. The topological polar surface area (TPSA) is 40.9 Å². The Balaban J connectivity index is 2.36. The normalized spacial score (nSPS) is 10.8. The van der Waals surface area contributed by atoms with Gasteiger partial charge in [-0.25, -0.2) is 0 Å². The molecule has 2 aromatic carbocycles. The Morgan fingerprint density at radius 1 is 1.11 bits per heavy atom. The average molecular weight is 312 g/mol. The predicted molar refractivity (Wildman–Crippen MR) is 78.5 cm³/mol. The zero-order valence-corrected chi connectivity index (χ0v) is 11.6. The van der Waals surface area contributed by atoms with Crippen molar-refractivity contribution in [3.05, 3.63) is 75.8 Å². The van der Waals surface area contributed by atoms with Gasteiger partial charge in [-0.05, 0) is 23.8 Å². The predicted octanol–water partition coefficient (Wildman–Crippen LogP) is 4.24. The van der Waals surface area contributed by atoms with E-state index in [1.54, 1.807) is 30.3 Å². The van der Waals surface area contributed by atoms with Gasteiger partial charge in [0.05, 0.1) is 0 Å². The lowest BCUT2D eigenvalue weighted by atomic mass is 10.0. The molecule has 0 radical (unpaired) electrons. The molecule has 0 fully saturated rings. The van der Waals surface area contributed by atoms with Crippen molar-refractivity contribution in [3.8, 4) is 6.07 Å². The van der Waals surface area contributed by atoms with E-state index in [9.17, 15) is 4.79 Å². The van der Waals surface area contributed by atoms with Crippen LogP contribution in [0, 0.1) is 11.3 Å².